The maximum Gasteiger partial charge on any atom is 0.230 e. The van der Waals surface area contributed by atoms with E-state index in [1.165, 1.54) is 11.8 Å². The number of amides is 1. The number of benzene rings is 1. The molecule has 138 valence electrons. The molecule has 1 saturated carbocycles. The number of carbonyl (C=O) groups is 1. The molecule has 2 heterocycles. The maximum atomic E-state index is 12.2. The standard InChI is InChI=1S/C17H20N4O3S2/c22-15(18-13-8-9-26(23,24)11-13)10-25-17-20-19-16(12-6-7-12)21(17)14-4-2-1-3-5-14/h1-5,12-13H,6-11H2,(H,18,22)/t13-/m1/s1. The van der Waals surface area contributed by atoms with Crippen molar-refractivity contribution in [1.29, 1.82) is 0 Å². The molecule has 1 atom stereocenters. The van der Waals surface area contributed by atoms with Crippen LogP contribution >= 0.6 is 11.8 Å². The van der Waals surface area contributed by atoms with Crippen molar-refractivity contribution in [2.75, 3.05) is 17.3 Å². The molecule has 0 unspecified atom stereocenters. The quantitative estimate of drug-likeness (QED) is 0.750. The van der Waals surface area contributed by atoms with Gasteiger partial charge in [-0.05, 0) is 31.4 Å². The van der Waals surface area contributed by atoms with Gasteiger partial charge in [0.2, 0.25) is 5.91 Å². The number of rotatable bonds is 6. The summed E-state index contributed by atoms with van der Waals surface area (Å²) in [5.41, 5.74) is 0.990. The zero-order chi connectivity index (χ0) is 18.1. The molecular weight excluding hydrogens is 372 g/mol. The van der Waals surface area contributed by atoms with Crippen LogP contribution in [0.1, 0.15) is 31.0 Å². The largest absolute Gasteiger partial charge is 0.352 e. The molecule has 2 aliphatic rings. The fourth-order valence-corrected chi connectivity index (χ4v) is 5.55. The average molecular weight is 393 g/mol. The van der Waals surface area contributed by atoms with Gasteiger partial charge in [0.25, 0.3) is 0 Å². The lowest BCUT2D eigenvalue weighted by Crippen LogP contribution is -2.36. The molecule has 4 rings (SSSR count). The predicted octanol–water partition coefficient (Wildman–Crippen LogP) is 1.54. The van der Waals surface area contributed by atoms with E-state index in [4.69, 9.17) is 0 Å². The van der Waals surface area contributed by atoms with Crippen LogP contribution in [0.3, 0.4) is 0 Å². The van der Waals surface area contributed by atoms with Crippen molar-refractivity contribution in [2.24, 2.45) is 0 Å². The second-order valence-electron chi connectivity index (χ2n) is 6.74. The molecule has 1 N–H and O–H groups in total. The van der Waals surface area contributed by atoms with Crippen LogP contribution < -0.4 is 5.32 Å². The van der Waals surface area contributed by atoms with Crippen molar-refractivity contribution in [3.8, 4) is 5.69 Å². The lowest BCUT2D eigenvalue weighted by Gasteiger charge is -2.12. The average Bonchev–Trinajstić information content (AvgIpc) is 3.29. The molecule has 26 heavy (non-hydrogen) atoms. The minimum absolute atomic E-state index is 0.0371. The van der Waals surface area contributed by atoms with E-state index in [0.717, 1.165) is 24.4 Å². The fraction of sp³-hybridized carbons (Fsp3) is 0.471. The van der Waals surface area contributed by atoms with E-state index in [2.05, 4.69) is 15.5 Å². The SMILES string of the molecule is O=C(CSc1nnc(C2CC2)n1-c1ccccc1)N[C@@H]1CCS(=O)(=O)C1. The van der Waals surface area contributed by atoms with Crippen molar-refractivity contribution in [2.45, 2.75) is 36.4 Å². The molecule has 1 amide bonds. The third-order valence-electron chi connectivity index (χ3n) is 4.55. The van der Waals surface area contributed by atoms with Gasteiger partial charge in [0, 0.05) is 17.6 Å². The Morgan fingerprint density at radius 3 is 2.62 bits per heavy atom. The highest BCUT2D eigenvalue weighted by atomic mass is 32.2. The van der Waals surface area contributed by atoms with Crippen LogP contribution in [-0.4, -0.2) is 52.4 Å². The number of hydrogen-bond acceptors (Lipinski definition) is 6. The summed E-state index contributed by atoms with van der Waals surface area (Å²) in [4.78, 5) is 12.2. The van der Waals surface area contributed by atoms with Gasteiger partial charge in [-0.15, -0.1) is 10.2 Å². The first-order valence-electron chi connectivity index (χ1n) is 8.65. The molecule has 0 bridgehead atoms. The molecule has 1 saturated heterocycles. The van der Waals surface area contributed by atoms with Gasteiger partial charge in [-0.25, -0.2) is 8.42 Å². The Kier molecular flexibility index (Phi) is 4.74. The lowest BCUT2D eigenvalue weighted by atomic mass is 10.3. The van der Waals surface area contributed by atoms with Gasteiger partial charge >= 0.3 is 0 Å². The van der Waals surface area contributed by atoms with Gasteiger partial charge in [0.05, 0.1) is 17.3 Å². The Labute approximate surface area is 156 Å². The number of para-hydroxylation sites is 1. The van der Waals surface area contributed by atoms with Gasteiger partial charge in [0.1, 0.15) is 5.82 Å². The Balaban J connectivity index is 1.44. The fourth-order valence-electron chi connectivity index (χ4n) is 3.11. The van der Waals surface area contributed by atoms with Crippen molar-refractivity contribution in [3.63, 3.8) is 0 Å². The topological polar surface area (TPSA) is 93.9 Å². The van der Waals surface area contributed by atoms with Crippen LogP contribution in [0.25, 0.3) is 5.69 Å². The lowest BCUT2D eigenvalue weighted by molar-refractivity contribution is -0.119. The molecule has 2 fully saturated rings. The third kappa shape index (κ3) is 3.93. The summed E-state index contributed by atoms with van der Waals surface area (Å²) in [6.07, 6.45) is 2.73. The van der Waals surface area contributed by atoms with E-state index in [9.17, 15) is 13.2 Å². The van der Waals surface area contributed by atoms with Crippen LogP contribution in [0.15, 0.2) is 35.5 Å². The second-order valence-corrected chi connectivity index (χ2v) is 9.91. The molecule has 1 aliphatic carbocycles. The zero-order valence-corrected chi connectivity index (χ0v) is 15.8. The van der Waals surface area contributed by atoms with E-state index >= 15 is 0 Å². The number of carbonyl (C=O) groups excluding carboxylic acids is 1. The van der Waals surface area contributed by atoms with Gasteiger partial charge < -0.3 is 5.32 Å². The smallest absolute Gasteiger partial charge is 0.230 e. The third-order valence-corrected chi connectivity index (χ3v) is 7.24. The number of thioether (sulfide) groups is 1. The number of sulfone groups is 1. The zero-order valence-electron chi connectivity index (χ0n) is 14.2. The van der Waals surface area contributed by atoms with E-state index < -0.39 is 9.84 Å². The first-order valence-corrected chi connectivity index (χ1v) is 11.5. The van der Waals surface area contributed by atoms with Gasteiger partial charge in [-0.3, -0.25) is 9.36 Å². The van der Waals surface area contributed by atoms with Gasteiger partial charge in [-0.2, -0.15) is 0 Å². The van der Waals surface area contributed by atoms with Gasteiger partial charge in [-0.1, -0.05) is 30.0 Å². The summed E-state index contributed by atoms with van der Waals surface area (Å²) in [6, 6.07) is 9.62. The summed E-state index contributed by atoms with van der Waals surface area (Å²) in [5.74, 6) is 1.59. The molecule has 9 heteroatoms. The maximum absolute atomic E-state index is 12.2. The van der Waals surface area contributed by atoms with E-state index in [-0.39, 0.29) is 29.2 Å². The Bertz CT molecular complexity index is 907. The van der Waals surface area contributed by atoms with Crippen molar-refractivity contribution >= 4 is 27.5 Å². The van der Waals surface area contributed by atoms with Crippen molar-refractivity contribution in [3.05, 3.63) is 36.2 Å². The van der Waals surface area contributed by atoms with Crippen molar-refractivity contribution < 1.29 is 13.2 Å². The summed E-state index contributed by atoms with van der Waals surface area (Å²) >= 11 is 1.33. The van der Waals surface area contributed by atoms with E-state index in [0.29, 0.717) is 17.5 Å². The molecule has 1 aliphatic heterocycles. The highest BCUT2D eigenvalue weighted by Gasteiger charge is 2.32. The molecule has 0 radical (unpaired) electrons. The van der Waals surface area contributed by atoms with Crippen molar-refractivity contribution in [1.82, 2.24) is 20.1 Å². The summed E-state index contributed by atoms with van der Waals surface area (Å²) in [6.45, 7) is 0. The number of nitrogens with one attached hydrogen (secondary N) is 1. The van der Waals surface area contributed by atoms with E-state index in [1.807, 2.05) is 34.9 Å². The second kappa shape index (κ2) is 7.03. The Morgan fingerprint density at radius 1 is 1.19 bits per heavy atom. The number of hydrogen-bond donors (Lipinski definition) is 1. The Morgan fingerprint density at radius 2 is 1.96 bits per heavy atom. The Hall–Kier alpha value is -1.87. The van der Waals surface area contributed by atoms with Crippen LogP contribution in [0.4, 0.5) is 0 Å². The number of aromatic nitrogens is 3. The molecule has 1 aromatic heterocycles. The summed E-state index contributed by atoms with van der Waals surface area (Å²) < 4.78 is 25.0. The molecule has 7 nitrogen and oxygen atoms in total. The molecule has 2 aromatic rings. The van der Waals surface area contributed by atoms with Gasteiger partial charge in [0.15, 0.2) is 15.0 Å². The molecular formula is C17H20N4O3S2. The summed E-state index contributed by atoms with van der Waals surface area (Å²) in [7, 11) is -3.00. The van der Waals surface area contributed by atoms with Crippen LogP contribution in [0.5, 0.6) is 0 Å². The predicted molar refractivity (Wildman–Crippen MR) is 99.3 cm³/mol. The first kappa shape index (κ1) is 17.5. The molecule has 0 spiro atoms. The van der Waals surface area contributed by atoms with E-state index in [1.54, 1.807) is 0 Å². The van der Waals surface area contributed by atoms with Crippen LogP contribution in [0.2, 0.25) is 0 Å². The van der Waals surface area contributed by atoms with Crippen LogP contribution in [0, 0.1) is 0 Å². The minimum Gasteiger partial charge on any atom is -0.352 e. The highest BCUT2D eigenvalue weighted by molar-refractivity contribution is 7.99. The highest BCUT2D eigenvalue weighted by Crippen LogP contribution is 2.41. The molecule has 1 aromatic carbocycles. The number of nitrogens with zero attached hydrogens (tertiary/aromatic N) is 3. The minimum atomic E-state index is -3.00. The first-order chi connectivity index (χ1) is 12.5. The van der Waals surface area contributed by atoms with Crippen LogP contribution in [-0.2, 0) is 14.6 Å². The summed E-state index contributed by atoms with van der Waals surface area (Å²) in [5, 5.41) is 12.1. The monoisotopic (exact) mass is 392 g/mol. The normalized spacial score (nSPS) is 21.6.